The molecule has 7 heteroatoms. The molecular formula is C26H37N3O4. The molecule has 3 N–H and O–H groups in total. The van der Waals surface area contributed by atoms with E-state index in [2.05, 4.69) is 29.8 Å². The fourth-order valence-corrected chi connectivity index (χ4v) is 3.08. The van der Waals surface area contributed by atoms with Gasteiger partial charge >= 0.3 is 6.03 Å². The van der Waals surface area contributed by atoms with Gasteiger partial charge in [-0.3, -0.25) is 4.79 Å². The van der Waals surface area contributed by atoms with E-state index < -0.39 is 0 Å². The number of carbonyl (C=O) groups is 2. The van der Waals surface area contributed by atoms with Crippen LogP contribution in [0.4, 0.5) is 4.79 Å². The Morgan fingerprint density at radius 1 is 0.848 bits per heavy atom. The van der Waals surface area contributed by atoms with Crippen LogP contribution in [0.1, 0.15) is 75.0 Å². The molecule has 1 unspecified atom stereocenters. The first kappa shape index (κ1) is 26.0. The zero-order valence-corrected chi connectivity index (χ0v) is 20.4. The molecule has 0 spiro atoms. The zero-order valence-electron chi connectivity index (χ0n) is 20.4. The summed E-state index contributed by atoms with van der Waals surface area (Å²) < 4.78 is 11.7. The first-order valence-electron chi connectivity index (χ1n) is 11.7. The molecule has 180 valence electrons. The van der Waals surface area contributed by atoms with Crippen molar-refractivity contribution in [3.8, 4) is 11.5 Å². The van der Waals surface area contributed by atoms with Gasteiger partial charge in [0.2, 0.25) is 0 Å². The van der Waals surface area contributed by atoms with Crippen LogP contribution in [0.3, 0.4) is 0 Å². The molecule has 2 rings (SSSR count). The van der Waals surface area contributed by atoms with E-state index in [1.807, 2.05) is 51.1 Å². The van der Waals surface area contributed by atoms with E-state index in [0.717, 1.165) is 29.7 Å². The average molecular weight is 456 g/mol. The van der Waals surface area contributed by atoms with Gasteiger partial charge in [-0.25, -0.2) is 4.79 Å². The highest BCUT2D eigenvalue weighted by Crippen LogP contribution is 2.31. The molecular weight excluding hydrogens is 418 g/mol. The highest BCUT2D eigenvalue weighted by molar-refractivity contribution is 5.94. The lowest BCUT2D eigenvalue weighted by Crippen LogP contribution is -2.39. The summed E-state index contributed by atoms with van der Waals surface area (Å²) in [6.07, 6.45) is 1.82. The standard InChI is InChI=1S/C26H37N3O4/c1-6-14-32-23-13-12-22(16-24(23)33-15-7-2)19(5)29-25(30)21-10-8-20(9-11-21)17-27-26(31)28-18(3)4/h8-13,16,18-19H,6-7,14-15,17H2,1-5H3,(H,29,30)(H2,27,28,31). The van der Waals surface area contributed by atoms with Crippen LogP contribution in [0.15, 0.2) is 42.5 Å². The van der Waals surface area contributed by atoms with Gasteiger partial charge in [-0.05, 0) is 69.0 Å². The monoisotopic (exact) mass is 455 g/mol. The second-order valence-corrected chi connectivity index (χ2v) is 8.28. The topological polar surface area (TPSA) is 88.7 Å². The largest absolute Gasteiger partial charge is 0.490 e. The van der Waals surface area contributed by atoms with Gasteiger partial charge in [-0.1, -0.05) is 32.0 Å². The van der Waals surface area contributed by atoms with Crippen molar-refractivity contribution in [2.45, 2.75) is 66.1 Å². The minimum atomic E-state index is -0.214. The summed E-state index contributed by atoms with van der Waals surface area (Å²) in [5, 5.41) is 8.61. The molecule has 0 heterocycles. The molecule has 0 aromatic heterocycles. The molecule has 0 aliphatic rings. The van der Waals surface area contributed by atoms with Crippen molar-refractivity contribution in [2.75, 3.05) is 13.2 Å². The van der Waals surface area contributed by atoms with E-state index in [0.29, 0.717) is 31.1 Å². The van der Waals surface area contributed by atoms with Gasteiger partial charge < -0.3 is 25.4 Å². The third kappa shape index (κ3) is 8.67. The van der Waals surface area contributed by atoms with Gasteiger partial charge in [0.15, 0.2) is 11.5 Å². The maximum atomic E-state index is 12.7. The Morgan fingerprint density at radius 3 is 2.09 bits per heavy atom. The van der Waals surface area contributed by atoms with Gasteiger partial charge in [0.1, 0.15) is 0 Å². The van der Waals surface area contributed by atoms with Crippen LogP contribution >= 0.6 is 0 Å². The molecule has 0 saturated carbocycles. The number of rotatable bonds is 12. The van der Waals surface area contributed by atoms with Crippen molar-refractivity contribution in [3.63, 3.8) is 0 Å². The summed E-state index contributed by atoms with van der Waals surface area (Å²) in [4.78, 5) is 24.5. The fraction of sp³-hybridized carbons (Fsp3) is 0.462. The van der Waals surface area contributed by atoms with Crippen molar-refractivity contribution in [2.24, 2.45) is 0 Å². The predicted octanol–water partition coefficient (Wildman–Crippen LogP) is 4.96. The molecule has 0 fully saturated rings. The summed E-state index contributed by atoms with van der Waals surface area (Å²) in [6, 6.07) is 12.6. The summed E-state index contributed by atoms with van der Waals surface area (Å²) in [7, 11) is 0. The average Bonchev–Trinajstić information content (AvgIpc) is 2.80. The van der Waals surface area contributed by atoms with Crippen LogP contribution in [0.5, 0.6) is 11.5 Å². The van der Waals surface area contributed by atoms with E-state index in [9.17, 15) is 9.59 Å². The third-order valence-electron chi connectivity index (χ3n) is 4.83. The lowest BCUT2D eigenvalue weighted by atomic mass is 10.1. The fourth-order valence-electron chi connectivity index (χ4n) is 3.08. The van der Waals surface area contributed by atoms with E-state index in [-0.39, 0.29) is 24.0 Å². The van der Waals surface area contributed by atoms with Crippen LogP contribution in [0.25, 0.3) is 0 Å². The number of carbonyl (C=O) groups excluding carboxylic acids is 2. The van der Waals surface area contributed by atoms with Crippen LogP contribution in [0, 0.1) is 0 Å². The highest BCUT2D eigenvalue weighted by atomic mass is 16.5. The van der Waals surface area contributed by atoms with Crippen LogP contribution < -0.4 is 25.4 Å². The molecule has 0 radical (unpaired) electrons. The molecule has 3 amide bonds. The Hall–Kier alpha value is -3.22. The van der Waals surface area contributed by atoms with Crippen molar-refractivity contribution in [1.29, 1.82) is 0 Å². The summed E-state index contributed by atoms with van der Waals surface area (Å²) in [6.45, 7) is 11.5. The van der Waals surface area contributed by atoms with Crippen LogP contribution in [-0.2, 0) is 6.54 Å². The minimum Gasteiger partial charge on any atom is -0.490 e. The van der Waals surface area contributed by atoms with Crippen molar-refractivity contribution in [1.82, 2.24) is 16.0 Å². The van der Waals surface area contributed by atoms with Crippen molar-refractivity contribution in [3.05, 3.63) is 59.2 Å². The summed E-state index contributed by atoms with van der Waals surface area (Å²) in [5.74, 6) is 1.25. The predicted molar refractivity (Wildman–Crippen MR) is 131 cm³/mol. The van der Waals surface area contributed by atoms with Gasteiger partial charge in [0.25, 0.3) is 5.91 Å². The molecule has 0 aliphatic carbocycles. The van der Waals surface area contributed by atoms with Gasteiger partial charge in [-0.2, -0.15) is 0 Å². The molecule has 2 aromatic carbocycles. The van der Waals surface area contributed by atoms with Gasteiger partial charge in [-0.15, -0.1) is 0 Å². The molecule has 7 nitrogen and oxygen atoms in total. The zero-order chi connectivity index (χ0) is 24.2. The molecule has 0 bridgehead atoms. The Bertz CT molecular complexity index is 897. The second kappa shape index (κ2) is 13.4. The highest BCUT2D eigenvalue weighted by Gasteiger charge is 2.15. The smallest absolute Gasteiger partial charge is 0.315 e. The van der Waals surface area contributed by atoms with E-state index in [4.69, 9.17) is 9.47 Å². The normalized spacial score (nSPS) is 11.6. The van der Waals surface area contributed by atoms with E-state index in [1.54, 1.807) is 12.1 Å². The molecule has 0 saturated heterocycles. The minimum absolute atomic E-state index is 0.0763. The number of hydrogen-bond acceptors (Lipinski definition) is 4. The number of amides is 3. The Kier molecular flexibility index (Phi) is 10.5. The SMILES string of the molecule is CCCOc1ccc(C(C)NC(=O)c2ccc(CNC(=O)NC(C)C)cc2)cc1OCCC. The number of ether oxygens (including phenoxy) is 2. The Morgan fingerprint density at radius 2 is 1.48 bits per heavy atom. The maximum absolute atomic E-state index is 12.7. The number of urea groups is 1. The van der Waals surface area contributed by atoms with E-state index in [1.165, 1.54) is 0 Å². The summed E-state index contributed by atoms with van der Waals surface area (Å²) >= 11 is 0. The summed E-state index contributed by atoms with van der Waals surface area (Å²) in [5.41, 5.74) is 2.41. The Balaban J connectivity index is 1.99. The van der Waals surface area contributed by atoms with Crippen LogP contribution in [-0.4, -0.2) is 31.2 Å². The molecule has 2 aromatic rings. The second-order valence-electron chi connectivity index (χ2n) is 8.28. The quantitative estimate of drug-likeness (QED) is 0.422. The lowest BCUT2D eigenvalue weighted by molar-refractivity contribution is 0.0939. The maximum Gasteiger partial charge on any atom is 0.315 e. The molecule has 0 aliphatic heterocycles. The third-order valence-corrected chi connectivity index (χ3v) is 4.83. The molecule has 1 atom stereocenters. The lowest BCUT2D eigenvalue weighted by Gasteiger charge is -2.18. The number of nitrogens with one attached hydrogen (secondary N) is 3. The van der Waals surface area contributed by atoms with Gasteiger partial charge in [0, 0.05) is 18.2 Å². The van der Waals surface area contributed by atoms with Gasteiger partial charge in [0.05, 0.1) is 19.3 Å². The number of benzene rings is 2. The Labute approximate surface area is 197 Å². The van der Waals surface area contributed by atoms with Crippen molar-refractivity contribution >= 4 is 11.9 Å². The first-order valence-corrected chi connectivity index (χ1v) is 11.7. The van der Waals surface area contributed by atoms with E-state index >= 15 is 0 Å². The first-order chi connectivity index (χ1) is 15.8. The van der Waals surface area contributed by atoms with Crippen LogP contribution in [0.2, 0.25) is 0 Å². The van der Waals surface area contributed by atoms with Crippen molar-refractivity contribution < 1.29 is 19.1 Å². The molecule has 33 heavy (non-hydrogen) atoms. The number of hydrogen-bond donors (Lipinski definition) is 3.